The summed E-state index contributed by atoms with van der Waals surface area (Å²) in [6.45, 7) is 6.08. The summed E-state index contributed by atoms with van der Waals surface area (Å²) in [6, 6.07) is 9.66. The Morgan fingerprint density at radius 3 is 2.07 bits per heavy atom. The molecule has 0 nitrogen and oxygen atoms in total. The van der Waals surface area contributed by atoms with Crippen molar-refractivity contribution in [3.63, 3.8) is 0 Å². The van der Waals surface area contributed by atoms with E-state index in [4.69, 9.17) is 0 Å². The van der Waals surface area contributed by atoms with Gasteiger partial charge in [-0.2, -0.15) is 0 Å². The van der Waals surface area contributed by atoms with Gasteiger partial charge in [0, 0.05) is 0 Å². The summed E-state index contributed by atoms with van der Waals surface area (Å²) in [5.74, 6) is 3.63. The molecule has 0 radical (unpaired) electrons. The summed E-state index contributed by atoms with van der Waals surface area (Å²) in [5.41, 5.74) is 3.13. The lowest BCUT2D eigenvalue weighted by atomic mass is 9.68. The average Bonchev–Trinajstić information content (AvgIpc) is 2.73. The Morgan fingerprint density at radius 1 is 0.852 bits per heavy atom. The summed E-state index contributed by atoms with van der Waals surface area (Å²) in [7, 11) is 0. The van der Waals surface area contributed by atoms with E-state index in [1.807, 2.05) is 6.08 Å². The maximum atomic E-state index is 3.80. The van der Waals surface area contributed by atoms with Gasteiger partial charge in [-0.15, -0.1) is 0 Å². The molecule has 0 heterocycles. The Balaban J connectivity index is 1.42. The predicted molar refractivity (Wildman–Crippen MR) is 119 cm³/mol. The lowest BCUT2D eigenvalue weighted by Crippen LogP contribution is -2.25. The van der Waals surface area contributed by atoms with Crippen molar-refractivity contribution in [2.24, 2.45) is 17.8 Å². The SMILES string of the molecule is C=C/C=C/C1CCC(C2CCC(c3ccc(CCCCC)cc3)CC2)CC1. The Morgan fingerprint density at radius 2 is 1.48 bits per heavy atom. The van der Waals surface area contributed by atoms with Gasteiger partial charge >= 0.3 is 0 Å². The van der Waals surface area contributed by atoms with Gasteiger partial charge in [0.05, 0.1) is 0 Å². The number of benzene rings is 1. The molecule has 0 saturated heterocycles. The first kappa shape index (κ1) is 20.4. The van der Waals surface area contributed by atoms with Crippen molar-refractivity contribution in [1.82, 2.24) is 0 Å². The lowest BCUT2D eigenvalue weighted by molar-refractivity contribution is 0.171. The van der Waals surface area contributed by atoms with E-state index in [0.717, 1.165) is 23.7 Å². The molecule has 0 bridgehead atoms. The zero-order chi connectivity index (χ0) is 18.9. The number of rotatable bonds is 8. The van der Waals surface area contributed by atoms with Gasteiger partial charge in [0.15, 0.2) is 0 Å². The minimum absolute atomic E-state index is 0.812. The molecule has 0 N–H and O–H groups in total. The fourth-order valence-corrected chi connectivity index (χ4v) is 5.50. The number of hydrogen-bond donors (Lipinski definition) is 0. The average molecular weight is 365 g/mol. The van der Waals surface area contributed by atoms with Crippen LogP contribution in [0.3, 0.4) is 0 Å². The highest BCUT2D eigenvalue weighted by Crippen LogP contribution is 2.44. The predicted octanol–water partition coefficient (Wildman–Crippen LogP) is 8.24. The van der Waals surface area contributed by atoms with Crippen molar-refractivity contribution in [3.05, 3.63) is 60.2 Å². The topological polar surface area (TPSA) is 0 Å². The zero-order valence-electron chi connectivity index (χ0n) is 17.5. The summed E-state index contributed by atoms with van der Waals surface area (Å²) in [4.78, 5) is 0. The standard InChI is InChI=1S/C27H40/c1-3-5-7-9-23-12-16-25(17-13-23)27-20-18-26(19-21-27)24-14-10-22(11-15-24)8-6-4-2/h4,6,8,12-13,16-17,22,24,26-27H,2-3,5,7,9-11,14-15,18-21H2,1H3/b8-6+. The quantitative estimate of drug-likeness (QED) is 0.322. The highest BCUT2D eigenvalue weighted by molar-refractivity contribution is 5.26. The molecule has 0 aromatic heterocycles. The van der Waals surface area contributed by atoms with Crippen LogP contribution >= 0.6 is 0 Å². The van der Waals surface area contributed by atoms with Crippen LogP contribution in [0.1, 0.15) is 94.6 Å². The van der Waals surface area contributed by atoms with Crippen LogP contribution in [0.4, 0.5) is 0 Å². The molecule has 0 atom stereocenters. The Hall–Kier alpha value is -1.30. The van der Waals surface area contributed by atoms with Gasteiger partial charge in [-0.3, -0.25) is 0 Å². The molecule has 0 amide bonds. The molecule has 2 fully saturated rings. The molecule has 0 heteroatoms. The van der Waals surface area contributed by atoms with Gasteiger partial charge in [-0.05, 0) is 99.0 Å². The van der Waals surface area contributed by atoms with E-state index in [1.54, 1.807) is 5.56 Å². The van der Waals surface area contributed by atoms with Crippen molar-refractivity contribution in [2.45, 2.75) is 89.9 Å². The van der Waals surface area contributed by atoms with Crippen LogP contribution in [-0.4, -0.2) is 0 Å². The number of unbranched alkanes of at least 4 members (excludes halogenated alkanes) is 2. The van der Waals surface area contributed by atoms with E-state index >= 15 is 0 Å². The second-order valence-corrected chi connectivity index (χ2v) is 9.11. The van der Waals surface area contributed by atoms with Crippen LogP contribution in [0.5, 0.6) is 0 Å². The molecule has 1 aromatic rings. The van der Waals surface area contributed by atoms with Gasteiger partial charge in [0.1, 0.15) is 0 Å². The highest BCUT2D eigenvalue weighted by Gasteiger charge is 2.30. The molecule has 0 spiro atoms. The Labute approximate surface area is 168 Å². The second kappa shape index (κ2) is 10.9. The van der Waals surface area contributed by atoms with Gasteiger partial charge in [0.25, 0.3) is 0 Å². The molecule has 2 saturated carbocycles. The van der Waals surface area contributed by atoms with Gasteiger partial charge in [-0.1, -0.05) is 68.8 Å². The van der Waals surface area contributed by atoms with Gasteiger partial charge in [0.2, 0.25) is 0 Å². The van der Waals surface area contributed by atoms with Crippen molar-refractivity contribution in [2.75, 3.05) is 0 Å². The number of hydrogen-bond acceptors (Lipinski definition) is 0. The molecule has 2 aliphatic rings. The summed E-state index contributed by atoms with van der Waals surface area (Å²) in [5, 5.41) is 0. The second-order valence-electron chi connectivity index (χ2n) is 9.11. The molecular formula is C27H40. The summed E-state index contributed by atoms with van der Waals surface area (Å²) >= 11 is 0. The monoisotopic (exact) mass is 364 g/mol. The van der Waals surface area contributed by atoms with Crippen LogP contribution in [0.2, 0.25) is 0 Å². The third kappa shape index (κ3) is 6.09. The third-order valence-corrected chi connectivity index (χ3v) is 7.29. The molecule has 2 aliphatic carbocycles. The van der Waals surface area contributed by atoms with Gasteiger partial charge < -0.3 is 0 Å². The first-order valence-corrected chi connectivity index (χ1v) is 11.7. The first-order chi connectivity index (χ1) is 13.3. The van der Waals surface area contributed by atoms with E-state index in [-0.39, 0.29) is 0 Å². The van der Waals surface area contributed by atoms with Crippen molar-refractivity contribution in [1.29, 1.82) is 0 Å². The first-order valence-electron chi connectivity index (χ1n) is 11.7. The molecular weight excluding hydrogens is 324 g/mol. The Kier molecular flexibility index (Phi) is 8.24. The van der Waals surface area contributed by atoms with Crippen LogP contribution in [0.15, 0.2) is 49.1 Å². The number of aryl methyl sites for hydroxylation is 1. The fraction of sp³-hybridized carbons (Fsp3) is 0.630. The largest absolute Gasteiger partial charge is 0.0991 e. The summed E-state index contributed by atoms with van der Waals surface area (Å²) < 4.78 is 0. The zero-order valence-corrected chi connectivity index (χ0v) is 17.5. The normalized spacial score (nSPS) is 29.1. The highest BCUT2D eigenvalue weighted by atomic mass is 14.4. The molecule has 0 unspecified atom stereocenters. The van der Waals surface area contributed by atoms with E-state index in [0.29, 0.717) is 0 Å². The maximum absolute atomic E-state index is 3.80. The van der Waals surface area contributed by atoms with E-state index in [9.17, 15) is 0 Å². The van der Waals surface area contributed by atoms with E-state index in [2.05, 4.69) is 49.9 Å². The van der Waals surface area contributed by atoms with Crippen molar-refractivity contribution >= 4 is 0 Å². The van der Waals surface area contributed by atoms with Crippen molar-refractivity contribution in [3.8, 4) is 0 Å². The minimum Gasteiger partial charge on any atom is -0.0991 e. The molecule has 148 valence electrons. The van der Waals surface area contributed by atoms with Crippen LogP contribution < -0.4 is 0 Å². The molecule has 0 aliphatic heterocycles. The Bertz CT molecular complexity index is 563. The van der Waals surface area contributed by atoms with E-state index in [1.165, 1.54) is 82.6 Å². The lowest BCUT2D eigenvalue weighted by Gasteiger charge is -2.37. The van der Waals surface area contributed by atoms with Crippen molar-refractivity contribution < 1.29 is 0 Å². The van der Waals surface area contributed by atoms with Crippen LogP contribution in [0.25, 0.3) is 0 Å². The third-order valence-electron chi connectivity index (χ3n) is 7.29. The maximum Gasteiger partial charge on any atom is -0.0162 e. The molecule has 27 heavy (non-hydrogen) atoms. The van der Waals surface area contributed by atoms with Gasteiger partial charge in [-0.25, -0.2) is 0 Å². The van der Waals surface area contributed by atoms with E-state index < -0.39 is 0 Å². The van der Waals surface area contributed by atoms with Crippen LogP contribution in [-0.2, 0) is 6.42 Å². The molecule has 1 aromatic carbocycles. The molecule has 3 rings (SSSR count). The summed E-state index contributed by atoms with van der Waals surface area (Å²) in [6.07, 6.45) is 23.2. The smallest absolute Gasteiger partial charge is 0.0162 e. The minimum atomic E-state index is 0.812. The van der Waals surface area contributed by atoms with Crippen LogP contribution in [0, 0.1) is 17.8 Å². The fourth-order valence-electron chi connectivity index (χ4n) is 5.50. The number of allylic oxidation sites excluding steroid dienone is 3.